The van der Waals surface area contributed by atoms with Crippen LogP contribution in [0, 0.1) is 5.82 Å². The molecule has 0 saturated heterocycles. The Morgan fingerprint density at radius 2 is 2.00 bits per heavy atom. The van der Waals surface area contributed by atoms with Crippen LogP contribution in [0.1, 0.15) is 15.2 Å². The van der Waals surface area contributed by atoms with Crippen LogP contribution in [0.5, 0.6) is 5.75 Å². The molecule has 3 rings (SSSR count). The zero-order valence-corrected chi connectivity index (χ0v) is 12.2. The molecule has 0 unspecified atom stereocenters. The molecule has 0 N–H and O–H groups in total. The van der Waals surface area contributed by atoms with Crippen molar-refractivity contribution in [1.82, 2.24) is 0 Å². The summed E-state index contributed by atoms with van der Waals surface area (Å²) in [5.41, 5.74) is 0.855. The second-order valence-corrected chi connectivity index (χ2v) is 5.79. The number of fused-ring (bicyclic) bond motifs is 1. The predicted octanol–water partition coefficient (Wildman–Crippen LogP) is 4.47. The lowest BCUT2D eigenvalue weighted by Crippen LogP contribution is -2.02. The molecule has 0 aliphatic heterocycles. The molecule has 0 fully saturated rings. The third kappa shape index (κ3) is 2.81. The highest BCUT2D eigenvalue weighted by Gasteiger charge is 2.13. The number of carbonyl (C=O) groups excluding carboxylic acids is 1. The number of Topliss-reactive ketones (excluding diaryl/α,β-unsaturated/α-hetero) is 1. The molecule has 0 aliphatic rings. The Kier molecular flexibility index (Phi) is 3.71. The summed E-state index contributed by atoms with van der Waals surface area (Å²) in [6, 6.07) is 13.8. The lowest BCUT2D eigenvalue weighted by molar-refractivity contribution is 0.0996. The molecule has 4 heteroatoms. The van der Waals surface area contributed by atoms with Gasteiger partial charge in [0.1, 0.15) is 11.6 Å². The molecule has 0 atom stereocenters. The van der Waals surface area contributed by atoms with E-state index in [2.05, 4.69) is 0 Å². The molecule has 0 aliphatic carbocycles. The van der Waals surface area contributed by atoms with Gasteiger partial charge in [0.05, 0.1) is 12.0 Å². The SMILES string of the molecule is COc1ccccc1CC(=O)c1cc2ccc(F)cc2s1. The van der Waals surface area contributed by atoms with Crippen molar-refractivity contribution in [2.75, 3.05) is 7.11 Å². The number of methoxy groups -OCH3 is 1. The molecule has 106 valence electrons. The van der Waals surface area contributed by atoms with E-state index in [1.807, 2.05) is 30.3 Å². The smallest absolute Gasteiger partial charge is 0.177 e. The van der Waals surface area contributed by atoms with Crippen molar-refractivity contribution in [2.45, 2.75) is 6.42 Å². The van der Waals surface area contributed by atoms with Gasteiger partial charge in [-0.1, -0.05) is 24.3 Å². The van der Waals surface area contributed by atoms with E-state index < -0.39 is 0 Å². The van der Waals surface area contributed by atoms with Crippen molar-refractivity contribution in [1.29, 1.82) is 0 Å². The molecule has 0 radical (unpaired) electrons. The second-order valence-electron chi connectivity index (χ2n) is 4.70. The molecular formula is C17H13FO2S. The third-order valence-corrected chi connectivity index (χ3v) is 4.44. The number of benzene rings is 2. The van der Waals surface area contributed by atoms with Crippen molar-refractivity contribution < 1.29 is 13.9 Å². The molecule has 21 heavy (non-hydrogen) atoms. The van der Waals surface area contributed by atoms with E-state index in [1.54, 1.807) is 13.2 Å². The molecule has 0 amide bonds. The number of ketones is 1. The van der Waals surface area contributed by atoms with E-state index in [1.165, 1.54) is 23.5 Å². The first-order valence-corrected chi connectivity index (χ1v) is 7.33. The Bertz CT molecular complexity index is 807. The Labute approximate surface area is 125 Å². The van der Waals surface area contributed by atoms with Crippen LogP contribution in [0.2, 0.25) is 0 Å². The predicted molar refractivity (Wildman–Crippen MR) is 82.8 cm³/mol. The first-order valence-electron chi connectivity index (χ1n) is 6.51. The molecule has 1 aromatic heterocycles. The average Bonchev–Trinajstić information content (AvgIpc) is 2.91. The van der Waals surface area contributed by atoms with Gasteiger partial charge in [0, 0.05) is 16.7 Å². The van der Waals surface area contributed by atoms with Crippen molar-refractivity contribution in [3.63, 3.8) is 0 Å². The van der Waals surface area contributed by atoms with Gasteiger partial charge in [-0.3, -0.25) is 4.79 Å². The summed E-state index contributed by atoms with van der Waals surface area (Å²) < 4.78 is 19.2. The van der Waals surface area contributed by atoms with Crippen LogP contribution in [0.15, 0.2) is 48.5 Å². The molecule has 0 spiro atoms. The number of thiophene rings is 1. The van der Waals surface area contributed by atoms with Crippen molar-refractivity contribution in [3.8, 4) is 5.75 Å². The number of hydrogen-bond acceptors (Lipinski definition) is 3. The van der Waals surface area contributed by atoms with Crippen LogP contribution in [-0.2, 0) is 6.42 Å². The lowest BCUT2D eigenvalue weighted by Gasteiger charge is -2.06. The topological polar surface area (TPSA) is 26.3 Å². The summed E-state index contributed by atoms with van der Waals surface area (Å²) in [5, 5.41) is 0.893. The number of halogens is 1. The van der Waals surface area contributed by atoms with Crippen LogP contribution < -0.4 is 4.74 Å². The summed E-state index contributed by atoms with van der Waals surface area (Å²) in [6.45, 7) is 0. The summed E-state index contributed by atoms with van der Waals surface area (Å²) in [4.78, 5) is 13.0. The van der Waals surface area contributed by atoms with Gasteiger partial charge in [-0.05, 0) is 29.7 Å². The van der Waals surface area contributed by atoms with E-state index in [0.29, 0.717) is 10.6 Å². The van der Waals surface area contributed by atoms with Crippen LogP contribution in [0.3, 0.4) is 0 Å². The molecule has 2 aromatic carbocycles. The Hall–Kier alpha value is -2.20. The highest BCUT2D eigenvalue weighted by atomic mass is 32.1. The maximum Gasteiger partial charge on any atom is 0.177 e. The quantitative estimate of drug-likeness (QED) is 0.664. The lowest BCUT2D eigenvalue weighted by atomic mass is 10.1. The van der Waals surface area contributed by atoms with Crippen LogP contribution in [0.4, 0.5) is 4.39 Å². The van der Waals surface area contributed by atoms with E-state index in [4.69, 9.17) is 4.74 Å². The van der Waals surface area contributed by atoms with Gasteiger partial charge in [-0.15, -0.1) is 11.3 Å². The molecule has 2 nitrogen and oxygen atoms in total. The van der Waals surface area contributed by atoms with Crippen LogP contribution in [-0.4, -0.2) is 12.9 Å². The zero-order chi connectivity index (χ0) is 14.8. The Morgan fingerprint density at radius 1 is 1.19 bits per heavy atom. The fourth-order valence-corrected chi connectivity index (χ4v) is 3.28. The first kappa shape index (κ1) is 13.8. The highest BCUT2D eigenvalue weighted by molar-refractivity contribution is 7.20. The van der Waals surface area contributed by atoms with Crippen molar-refractivity contribution in [2.24, 2.45) is 0 Å². The van der Waals surface area contributed by atoms with Crippen molar-refractivity contribution in [3.05, 3.63) is 64.8 Å². The highest BCUT2D eigenvalue weighted by Crippen LogP contribution is 2.28. The fourth-order valence-electron chi connectivity index (χ4n) is 2.25. The van der Waals surface area contributed by atoms with Gasteiger partial charge in [0.15, 0.2) is 5.78 Å². The van der Waals surface area contributed by atoms with E-state index in [0.717, 1.165) is 15.6 Å². The second kappa shape index (κ2) is 5.66. The average molecular weight is 300 g/mol. The minimum atomic E-state index is -0.284. The third-order valence-electron chi connectivity index (χ3n) is 3.30. The van der Waals surface area contributed by atoms with Gasteiger partial charge >= 0.3 is 0 Å². The normalized spacial score (nSPS) is 10.8. The van der Waals surface area contributed by atoms with Crippen LogP contribution >= 0.6 is 11.3 Å². The van der Waals surface area contributed by atoms with Gasteiger partial charge in [0.25, 0.3) is 0 Å². The minimum absolute atomic E-state index is 0.0149. The first-order chi connectivity index (χ1) is 10.2. The van der Waals surface area contributed by atoms with Gasteiger partial charge < -0.3 is 4.74 Å². The monoisotopic (exact) mass is 300 g/mol. The number of carbonyl (C=O) groups is 1. The fraction of sp³-hybridized carbons (Fsp3) is 0.118. The minimum Gasteiger partial charge on any atom is -0.496 e. The van der Waals surface area contributed by atoms with Gasteiger partial charge in [-0.2, -0.15) is 0 Å². The summed E-state index contributed by atoms with van der Waals surface area (Å²) in [6.07, 6.45) is 0.277. The summed E-state index contributed by atoms with van der Waals surface area (Å²) in [5.74, 6) is 0.437. The molecule has 1 heterocycles. The maximum atomic E-state index is 13.2. The molecule has 0 bridgehead atoms. The standard InChI is InChI=1S/C17H13FO2S/c1-20-15-5-3-2-4-11(15)8-14(19)17-9-12-6-7-13(18)10-16(12)21-17/h2-7,9-10H,8H2,1H3. The van der Waals surface area contributed by atoms with E-state index >= 15 is 0 Å². The summed E-state index contributed by atoms with van der Waals surface area (Å²) in [7, 11) is 1.59. The number of rotatable bonds is 4. The van der Waals surface area contributed by atoms with E-state index in [9.17, 15) is 9.18 Å². The zero-order valence-electron chi connectivity index (χ0n) is 11.4. The Morgan fingerprint density at radius 3 is 2.81 bits per heavy atom. The van der Waals surface area contributed by atoms with Crippen LogP contribution in [0.25, 0.3) is 10.1 Å². The molecule has 3 aromatic rings. The van der Waals surface area contributed by atoms with Crippen molar-refractivity contribution >= 4 is 27.2 Å². The summed E-state index contributed by atoms with van der Waals surface area (Å²) >= 11 is 1.32. The Balaban J connectivity index is 1.90. The largest absolute Gasteiger partial charge is 0.496 e. The molecule has 0 saturated carbocycles. The molecular weight excluding hydrogens is 287 g/mol. The van der Waals surface area contributed by atoms with Gasteiger partial charge in [0.2, 0.25) is 0 Å². The number of para-hydroxylation sites is 1. The number of hydrogen-bond donors (Lipinski definition) is 0. The van der Waals surface area contributed by atoms with E-state index in [-0.39, 0.29) is 18.0 Å². The van der Waals surface area contributed by atoms with Gasteiger partial charge in [-0.25, -0.2) is 4.39 Å². The maximum absolute atomic E-state index is 13.2. The number of ether oxygens (including phenoxy) is 1.